The van der Waals surface area contributed by atoms with Crippen LogP contribution in [0.1, 0.15) is 11.1 Å². The van der Waals surface area contributed by atoms with Crippen molar-refractivity contribution in [3.8, 4) is 5.75 Å². The van der Waals surface area contributed by atoms with Gasteiger partial charge in [0.1, 0.15) is 11.4 Å². The van der Waals surface area contributed by atoms with Crippen molar-refractivity contribution < 1.29 is 14.5 Å². The van der Waals surface area contributed by atoms with E-state index in [0.717, 1.165) is 19.6 Å². The van der Waals surface area contributed by atoms with Crippen LogP contribution in [0.25, 0.3) is 0 Å². The molecule has 4 rings (SSSR count). The van der Waals surface area contributed by atoms with Gasteiger partial charge in [0, 0.05) is 49.4 Å². The number of amides is 1. The lowest BCUT2D eigenvalue weighted by molar-refractivity contribution is -0.384. The minimum Gasteiger partial charge on any atom is -0.484 e. The summed E-state index contributed by atoms with van der Waals surface area (Å²) in [6.07, 6.45) is 1.37. The molecule has 0 spiro atoms. The van der Waals surface area contributed by atoms with Crippen molar-refractivity contribution in [1.82, 2.24) is 10.3 Å². The molecule has 3 aromatic rings. The van der Waals surface area contributed by atoms with Crippen LogP contribution in [0.5, 0.6) is 5.75 Å². The van der Waals surface area contributed by atoms with E-state index >= 15 is 0 Å². The number of carbonyl (C=O) groups excluding carboxylic acids is 1. The molecule has 0 bridgehead atoms. The van der Waals surface area contributed by atoms with Crippen LogP contribution in [0.2, 0.25) is 5.02 Å². The highest BCUT2D eigenvalue weighted by atomic mass is 35.5. The molecule has 1 aliphatic rings. The van der Waals surface area contributed by atoms with E-state index in [0.29, 0.717) is 35.1 Å². The van der Waals surface area contributed by atoms with Crippen LogP contribution in [0, 0.1) is 10.1 Å². The third-order valence-corrected chi connectivity index (χ3v) is 6.00. The highest BCUT2D eigenvalue weighted by Gasteiger charge is 2.24. The Hall–Kier alpha value is -3.95. The Bertz CT molecular complexity index is 1210. The highest BCUT2D eigenvalue weighted by Crippen LogP contribution is 2.30. The van der Waals surface area contributed by atoms with Gasteiger partial charge in [0.2, 0.25) is 0 Å². The Morgan fingerprint density at radius 2 is 1.78 bits per heavy atom. The maximum absolute atomic E-state index is 12.0. The molecule has 0 aromatic heterocycles. The number of hydrazone groups is 1. The van der Waals surface area contributed by atoms with E-state index < -0.39 is 5.91 Å². The number of benzene rings is 3. The summed E-state index contributed by atoms with van der Waals surface area (Å²) in [6.45, 7) is 3.67. The van der Waals surface area contributed by atoms with Crippen LogP contribution in [-0.4, -0.2) is 54.7 Å². The van der Waals surface area contributed by atoms with Crippen LogP contribution in [0.4, 0.5) is 11.4 Å². The van der Waals surface area contributed by atoms with Crippen LogP contribution in [0.3, 0.4) is 0 Å². The summed E-state index contributed by atoms with van der Waals surface area (Å²) >= 11 is 5.82. The lowest BCUT2D eigenvalue weighted by Gasteiger charge is -2.35. The van der Waals surface area contributed by atoms with Gasteiger partial charge in [-0.2, -0.15) is 5.10 Å². The Kier molecular flexibility index (Phi) is 8.48. The second-order valence-electron chi connectivity index (χ2n) is 8.29. The zero-order valence-electron chi connectivity index (χ0n) is 19.5. The molecule has 0 atom stereocenters. The molecule has 1 heterocycles. The number of halogens is 1. The van der Waals surface area contributed by atoms with E-state index in [-0.39, 0.29) is 17.2 Å². The normalized spacial score (nSPS) is 14.1. The number of nitro groups is 1. The average Bonchev–Trinajstić information content (AvgIpc) is 2.89. The fourth-order valence-corrected chi connectivity index (χ4v) is 4.04. The SMILES string of the molecule is O=C(COc1ccc(Cl)cc1)N/N=C\c1ccc(N2CCN(Cc3ccccc3)CC2)c([N+](=O)[O-])c1. The number of carbonyl (C=O) groups is 1. The predicted molar refractivity (Wildman–Crippen MR) is 140 cm³/mol. The number of anilines is 1. The quantitative estimate of drug-likeness (QED) is 0.266. The standard InChI is InChI=1S/C26H26ClN5O4/c27-22-7-9-23(10-8-22)36-19-26(33)29-28-17-21-6-11-24(25(16-21)32(34)35)31-14-12-30(13-15-31)18-20-4-2-1-3-5-20/h1-11,16-17H,12-15,18-19H2,(H,29,33)/b28-17-. The van der Waals surface area contributed by atoms with E-state index in [1.54, 1.807) is 36.4 Å². The van der Waals surface area contributed by atoms with Gasteiger partial charge < -0.3 is 9.64 Å². The van der Waals surface area contributed by atoms with E-state index in [1.807, 2.05) is 23.1 Å². The van der Waals surface area contributed by atoms with Crippen molar-refractivity contribution in [2.24, 2.45) is 5.10 Å². The molecular weight excluding hydrogens is 482 g/mol. The molecule has 186 valence electrons. The second kappa shape index (κ2) is 12.1. The first-order chi connectivity index (χ1) is 17.5. The third kappa shape index (κ3) is 7.03. The summed E-state index contributed by atoms with van der Waals surface area (Å²) in [6, 6.07) is 21.8. The lowest BCUT2D eigenvalue weighted by atomic mass is 10.1. The molecule has 1 N–H and O–H groups in total. The molecule has 10 heteroatoms. The number of nitrogens with one attached hydrogen (secondary N) is 1. The molecular formula is C26H26ClN5O4. The molecule has 0 saturated carbocycles. The topological polar surface area (TPSA) is 100 Å². The molecule has 0 radical (unpaired) electrons. The zero-order valence-corrected chi connectivity index (χ0v) is 20.3. The minimum absolute atomic E-state index is 0.00728. The Morgan fingerprint density at radius 3 is 2.47 bits per heavy atom. The van der Waals surface area contributed by atoms with Gasteiger partial charge in [-0.05, 0) is 35.9 Å². The zero-order chi connectivity index (χ0) is 25.3. The monoisotopic (exact) mass is 507 g/mol. The summed E-state index contributed by atoms with van der Waals surface area (Å²) in [5.74, 6) is 0.0475. The number of nitrogens with zero attached hydrogens (tertiary/aromatic N) is 4. The molecule has 1 fully saturated rings. The first-order valence-corrected chi connectivity index (χ1v) is 11.9. The Balaban J connectivity index is 1.31. The third-order valence-electron chi connectivity index (χ3n) is 5.74. The first kappa shape index (κ1) is 25.2. The molecule has 1 amide bonds. The predicted octanol–water partition coefficient (Wildman–Crippen LogP) is 4.10. The van der Waals surface area contributed by atoms with Gasteiger partial charge in [0.15, 0.2) is 6.61 Å². The van der Waals surface area contributed by atoms with Crippen molar-refractivity contribution >= 4 is 35.1 Å². The number of nitro benzene ring substituents is 1. The fourth-order valence-electron chi connectivity index (χ4n) is 3.91. The Labute approximate surface area is 214 Å². The first-order valence-electron chi connectivity index (χ1n) is 11.5. The maximum Gasteiger partial charge on any atom is 0.293 e. The van der Waals surface area contributed by atoms with Gasteiger partial charge in [-0.25, -0.2) is 5.43 Å². The maximum atomic E-state index is 12.0. The van der Waals surface area contributed by atoms with E-state index in [1.165, 1.54) is 17.8 Å². The minimum atomic E-state index is -0.458. The number of hydrogen-bond acceptors (Lipinski definition) is 7. The van der Waals surface area contributed by atoms with Gasteiger partial charge in [0.05, 0.1) is 11.1 Å². The molecule has 0 aliphatic carbocycles. The van der Waals surface area contributed by atoms with Crippen molar-refractivity contribution in [1.29, 1.82) is 0 Å². The van der Waals surface area contributed by atoms with Gasteiger partial charge >= 0.3 is 0 Å². The van der Waals surface area contributed by atoms with E-state index in [2.05, 4.69) is 27.6 Å². The van der Waals surface area contributed by atoms with Gasteiger partial charge in [0.25, 0.3) is 11.6 Å². The largest absolute Gasteiger partial charge is 0.484 e. The number of rotatable bonds is 9. The van der Waals surface area contributed by atoms with Crippen molar-refractivity contribution in [3.05, 3.63) is 99.1 Å². The average molecular weight is 508 g/mol. The molecule has 1 aliphatic heterocycles. The van der Waals surface area contributed by atoms with Gasteiger partial charge in [-0.3, -0.25) is 19.8 Å². The molecule has 0 unspecified atom stereocenters. The lowest BCUT2D eigenvalue weighted by Crippen LogP contribution is -2.46. The van der Waals surface area contributed by atoms with Crippen LogP contribution >= 0.6 is 11.6 Å². The number of piperazine rings is 1. The smallest absolute Gasteiger partial charge is 0.293 e. The molecule has 36 heavy (non-hydrogen) atoms. The van der Waals surface area contributed by atoms with Crippen LogP contribution in [-0.2, 0) is 11.3 Å². The summed E-state index contributed by atoms with van der Waals surface area (Å²) in [5, 5.41) is 16.2. The van der Waals surface area contributed by atoms with Crippen LogP contribution < -0.4 is 15.1 Å². The molecule has 3 aromatic carbocycles. The van der Waals surface area contributed by atoms with Crippen molar-refractivity contribution in [2.45, 2.75) is 6.54 Å². The summed E-state index contributed by atoms with van der Waals surface area (Å²) < 4.78 is 5.36. The van der Waals surface area contributed by atoms with E-state index in [4.69, 9.17) is 16.3 Å². The molecule has 9 nitrogen and oxygen atoms in total. The highest BCUT2D eigenvalue weighted by molar-refractivity contribution is 6.30. The summed E-state index contributed by atoms with van der Waals surface area (Å²) in [7, 11) is 0. The van der Waals surface area contributed by atoms with Crippen LogP contribution in [0.15, 0.2) is 77.9 Å². The second-order valence-corrected chi connectivity index (χ2v) is 8.73. The summed E-state index contributed by atoms with van der Waals surface area (Å²) in [5.41, 5.74) is 4.71. The number of hydrogen-bond donors (Lipinski definition) is 1. The van der Waals surface area contributed by atoms with Gasteiger partial charge in [-0.15, -0.1) is 0 Å². The van der Waals surface area contributed by atoms with Gasteiger partial charge in [-0.1, -0.05) is 48.0 Å². The van der Waals surface area contributed by atoms with E-state index in [9.17, 15) is 14.9 Å². The fraction of sp³-hybridized carbons (Fsp3) is 0.231. The summed E-state index contributed by atoms with van der Waals surface area (Å²) in [4.78, 5) is 27.7. The molecule has 1 saturated heterocycles. The number of ether oxygens (including phenoxy) is 1. The Morgan fingerprint density at radius 1 is 1.06 bits per heavy atom. The van der Waals surface area contributed by atoms with Crippen molar-refractivity contribution in [3.63, 3.8) is 0 Å². The van der Waals surface area contributed by atoms with Crippen molar-refractivity contribution in [2.75, 3.05) is 37.7 Å².